The van der Waals surface area contributed by atoms with Crippen molar-refractivity contribution in [3.63, 3.8) is 0 Å². The predicted molar refractivity (Wildman–Crippen MR) is 117 cm³/mol. The van der Waals surface area contributed by atoms with E-state index in [0.717, 1.165) is 11.1 Å². The Morgan fingerprint density at radius 2 is 1.14 bits per heavy atom. The van der Waals surface area contributed by atoms with Crippen LogP contribution in [-0.2, 0) is 5.41 Å². The molecule has 0 unspecified atom stereocenters. The molecule has 0 bridgehead atoms. The van der Waals surface area contributed by atoms with Crippen molar-refractivity contribution in [1.29, 1.82) is 0 Å². The summed E-state index contributed by atoms with van der Waals surface area (Å²) in [5, 5.41) is 20.3. The molecule has 29 heavy (non-hydrogen) atoms. The number of aryl methyl sites for hydroxylation is 2. The zero-order valence-corrected chi connectivity index (χ0v) is 16.5. The molecule has 0 atom stereocenters. The van der Waals surface area contributed by atoms with Gasteiger partial charge in [0.05, 0.1) is 5.41 Å². The van der Waals surface area contributed by atoms with E-state index in [1.165, 1.54) is 33.4 Å². The first-order valence-electron chi connectivity index (χ1n) is 9.82. The first-order valence-corrected chi connectivity index (χ1v) is 9.82. The van der Waals surface area contributed by atoms with Gasteiger partial charge in [-0.25, -0.2) is 0 Å². The summed E-state index contributed by atoms with van der Waals surface area (Å²) in [5.74, 6) is -0.213. The van der Waals surface area contributed by atoms with E-state index in [-0.39, 0.29) is 11.5 Å². The second-order valence-electron chi connectivity index (χ2n) is 7.92. The molecule has 0 radical (unpaired) electrons. The van der Waals surface area contributed by atoms with Crippen LogP contribution in [0, 0.1) is 13.8 Å². The van der Waals surface area contributed by atoms with Crippen LogP contribution in [0.2, 0.25) is 0 Å². The summed E-state index contributed by atoms with van der Waals surface area (Å²) in [6.07, 6.45) is 0. The van der Waals surface area contributed by atoms with E-state index in [1.54, 1.807) is 12.1 Å². The van der Waals surface area contributed by atoms with Crippen LogP contribution >= 0.6 is 0 Å². The zero-order valence-electron chi connectivity index (χ0n) is 16.5. The van der Waals surface area contributed by atoms with Crippen molar-refractivity contribution in [2.75, 3.05) is 0 Å². The van der Waals surface area contributed by atoms with Crippen molar-refractivity contribution in [1.82, 2.24) is 0 Å². The summed E-state index contributed by atoms with van der Waals surface area (Å²) in [4.78, 5) is 0. The molecule has 0 saturated carbocycles. The van der Waals surface area contributed by atoms with Crippen molar-refractivity contribution in [2.45, 2.75) is 19.3 Å². The number of benzene rings is 4. The molecule has 2 heteroatoms. The standard InChI is InChI=1S/C27H22O2/c1-17-8-11-23-21(14-17)22-15-18(2)9-12-24(22)27(23,19-6-4-3-5-7-19)20-10-13-25(28)26(29)16-20/h3-16,28-29H,1-2H3. The van der Waals surface area contributed by atoms with Gasteiger partial charge in [-0.3, -0.25) is 0 Å². The molecular weight excluding hydrogens is 356 g/mol. The molecule has 5 rings (SSSR count). The maximum Gasteiger partial charge on any atom is 0.157 e. The van der Waals surface area contributed by atoms with E-state index >= 15 is 0 Å². The number of aromatic hydroxyl groups is 2. The van der Waals surface area contributed by atoms with Crippen LogP contribution in [0.1, 0.15) is 33.4 Å². The highest BCUT2D eigenvalue weighted by molar-refractivity contribution is 5.87. The summed E-state index contributed by atoms with van der Waals surface area (Å²) >= 11 is 0. The number of hydrogen-bond donors (Lipinski definition) is 2. The summed E-state index contributed by atoms with van der Waals surface area (Å²) in [6, 6.07) is 28.8. The summed E-state index contributed by atoms with van der Waals surface area (Å²) in [5.41, 5.74) is 8.78. The Balaban J connectivity index is 1.98. The Kier molecular flexibility index (Phi) is 3.78. The minimum atomic E-state index is -0.557. The SMILES string of the molecule is Cc1ccc2c(c1)-c1cc(C)ccc1C2(c1ccccc1)c1ccc(O)c(O)c1. The van der Waals surface area contributed by atoms with E-state index in [1.807, 2.05) is 12.1 Å². The van der Waals surface area contributed by atoms with Gasteiger partial charge in [-0.2, -0.15) is 0 Å². The Hall–Kier alpha value is -3.52. The normalized spacial score (nSPS) is 13.7. The van der Waals surface area contributed by atoms with Crippen LogP contribution in [0.25, 0.3) is 11.1 Å². The fourth-order valence-corrected chi connectivity index (χ4v) is 4.79. The summed E-state index contributed by atoms with van der Waals surface area (Å²) in [6.45, 7) is 4.23. The first-order chi connectivity index (χ1) is 14.0. The lowest BCUT2D eigenvalue weighted by molar-refractivity contribution is 0.402. The lowest BCUT2D eigenvalue weighted by Gasteiger charge is -2.34. The van der Waals surface area contributed by atoms with Crippen LogP contribution in [0.4, 0.5) is 0 Å². The molecule has 0 fully saturated rings. The third-order valence-corrected chi connectivity index (χ3v) is 6.06. The van der Waals surface area contributed by atoms with Gasteiger partial charge in [0.2, 0.25) is 0 Å². The third-order valence-electron chi connectivity index (χ3n) is 6.06. The van der Waals surface area contributed by atoms with Gasteiger partial charge in [-0.15, -0.1) is 0 Å². The average molecular weight is 378 g/mol. The van der Waals surface area contributed by atoms with Crippen LogP contribution in [0.15, 0.2) is 84.9 Å². The van der Waals surface area contributed by atoms with Crippen molar-refractivity contribution in [2.24, 2.45) is 0 Å². The van der Waals surface area contributed by atoms with Crippen LogP contribution < -0.4 is 0 Å². The minimum Gasteiger partial charge on any atom is -0.504 e. The van der Waals surface area contributed by atoms with Crippen LogP contribution in [0.3, 0.4) is 0 Å². The van der Waals surface area contributed by atoms with Crippen LogP contribution in [0.5, 0.6) is 11.5 Å². The molecule has 2 nitrogen and oxygen atoms in total. The highest BCUT2D eigenvalue weighted by atomic mass is 16.3. The van der Waals surface area contributed by atoms with Crippen LogP contribution in [-0.4, -0.2) is 10.2 Å². The number of phenolic OH excluding ortho intramolecular Hbond substituents is 2. The molecule has 1 aliphatic rings. The van der Waals surface area contributed by atoms with E-state index in [2.05, 4.69) is 74.5 Å². The fourth-order valence-electron chi connectivity index (χ4n) is 4.79. The van der Waals surface area contributed by atoms with Crippen molar-refractivity contribution < 1.29 is 10.2 Å². The van der Waals surface area contributed by atoms with Gasteiger partial charge >= 0.3 is 0 Å². The third kappa shape index (κ3) is 2.42. The molecule has 0 spiro atoms. The number of phenols is 2. The molecule has 0 aromatic heterocycles. The Morgan fingerprint density at radius 1 is 0.552 bits per heavy atom. The maximum atomic E-state index is 10.4. The van der Waals surface area contributed by atoms with Crippen molar-refractivity contribution >= 4 is 0 Å². The van der Waals surface area contributed by atoms with Gasteiger partial charge < -0.3 is 10.2 Å². The van der Waals surface area contributed by atoms with Gasteiger partial charge in [0.25, 0.3) is 0 Å². The highest BCUT2D eigenvalue weighted by Crippen LogP contribution is 2.57. The number of rotatable bonds is 2. The fraction of sp³-hybridized carbons (Fsp3) is 0.111. The summed E-state index contributed by atoms with van der Waals surface area (Å²) in [7, 11) is 0. The van der Waals surface area contributed by atoms with Gasteiger partial charge in [-0.05, 0) is 59.4 Å². The lowest BCUT2D eigenvalue weighted by Crippen LogP contribution is -2.28. The highest BCUT2D eigenvalue weighted by Gasteiger charge is 2.46. The van der Waals surface area contributed by atoms with Gasteiger partial charge in [0, 0.05) is 0 Å². The first kappa shape index (κ1) is 17.6. The monoisotopic (exact) mass is 378 g/mol. The lowest BCUT2D eigenvalue weighted by atomic mass is 9.67. The Morgan fingerprint density at radius 3 is 1.69 bits per heavy atom. The second-order valence-corrected chi connectivity index (χ2v) is 7.92. The van der Waals surface area contributed by atoms with Crippen molar-refractivity contribution in [3.05, 3.63) is 118 Å². The molecule has 0 aliphatic heterocycles. The molecule has 4 aromatic carbocycles. The molecule has 1 aliphatic carbocycles. The average Bonchev–Trinajstić information content (AvgIpc) is 3.00. The van der Waals surface area contributed by atoms with E-state index in [9.17, 15) is 10.2 Å². The van der Waals surface area contributed by atoms with Crippen molar-refractivity contribution in [3.8, 4) is 22.6 Å². The maximum absolute atomic E-state index is 10.4. The Bertz CT molecular complexity index is 1190. The summed E-state index contributed by atoms with van der Waals surface area (Å²) < 4.78 is 0. The largest absolute Gasteiger partial charge is 0.504 e. The van der Waals surface area contributed by atoms with Gasteiger partial charge in [0.1, 0.15) is 0 Å². The molecule has 2 N–H and O–H groups in total. The van der Waals surface area contributed by atoms with Gasteiger partial charge in [0.15, 0.2) is 11.5 Å². The number of hydrogen-bond acceptors (Lipinski definition) is 2. The Labute approximate surface area is 170 Å². The van der Waals surface area contributed by atoms with E-state index in [0.29, 0.717) is 0 Å². The smallest absolute Gasteiger partial charge is 0.157 e. The predicted octanol–water partition coefficient (Wildman–Crippen LogP) is 6.08. The molecule has 0 heterocycles. The molecular formula is C27H22O2. The topological polar surface area (TPSA) is 40.5 Å². The molecule has 0 amide bonds. The quantitative estimate of drug-likeness (QED) is 0.366. The molecule has 4 aromatic rings. The zero-order chi connectivity index (χ0) is 20.2. The number of fused-ring (bicyclic) bond motifs is 3. The van der Waals surface area contributed by atoms with E-state index in [4.69, 9.17) is 0 Å². The molecule has 142 valence electrons. The van der Waals surface area contributed by atoms with E-state index < -0.39 is 5.41 Å². The second kappa shape index (κ2) is 6.25. The van der Waals surface area contributed by atoms with Gasteiger partial charge in [-0.1, -0.05) is 83.9 Å². The minimum absolute atomic E-state index is 0.105. The molecule has 0 saturated heterocycles.